The number of hydrazone groups is 1. The van der Waals surface area contributed by atoms with Gasteiger partial charge in [-0.05, 0) is 54.5 Å². The second-order valence-electron chi connectivity index (χ2n) is 7.50. The lowest BCUT2D eigenvalue weighted by Gasteiger charge is -2.10. The minimum atomic E-state index is -0.732. The first-order chi connectivity index (χ1) is 17.4. The Balaban J connectivity index is 1.80. The maximum atomic E-state index is 12.9. The topological polar surface area (TPSA) is 143 Å². The van der Waals surface area contributed by atoms with Gasteiger partial charge in [0.1, 0.15) is 11.4 Å². The fraction of sp³-hybridized carbons (Fsp3) is 0.115. The third-order valence-corrected chi connectivity index (χ3v) is 4.77. The summed E-state index contributed by atoms with van der Waals surface area (Å²) in [5, 5.41) is 27.0. The number of benzene rings is 3. The predicted molar refractivity (Wildman–Crippen MR) is 135 cm³/mol. The summed E-state index contributed by atoms with van der Waals surface area (Å²) in [6, 6.07) is 19.1. The average molecular weight is 489 g/mol. The first-order valence-corrected chi connectivity index (χ1v) is 11.0. The van der Waals surface area contributed by atoms with Crippen molar-refractivity contribution < 1.29 is 24.4 Å². The van der Waals surface area contributed by atoms with Crippen molar-refractivity contribution in [2.45, 2.75) is 13.3 Å². The molecule has 0 atom stereocenters. The highest BCUT2D eigenvalue weighted by Crippen LogP contribution is 2.25. The number of nitro groups is 1. The number of carbonyl (C=O) groups is 2. The Bertz CT molecular complexity index is 1290. The fourth-order valence-electron chi connectivity index (χ4n) is 2.98. The van der Waals surface area contributed by atoms with Crippen LogP contribution in [0.1, 0.15) is 34.8 Å². The van der Waals surface area contributed by atoms with Crippen molar-refractivity contribution in [1.82, 2.24) is 10.7 Å². The first kappa shape index (κ1) is 25.6. The lowest BCUT2D eigenvalue weighted by Crippen LogP contribution is -2.32. The van der Waals surface area contributed by atoms with Crippen LogP contribution in [0.25, 0.3) is 6.08 Å². The molecule has 3 N–H and O–H groups in total. The second kappa shape index (κ2) is 12.5. The van der Waals surface area contributed by atoms with Gasteiger partial charge in [0, 0.05) is 17.2 Å². The normalized spacial score (nSPS) is 11.2. The van der Waals surface area contributed by atoms with Gasteiger partial charge in [-0.3, -0.25) is 19.7 Å². The minimum Gasteiger partial charge on any atom is -0.502 e. The minimum absolute atomic E-state index is 0.0695. The molecular weight excluding hydrogens is 464 g/mol. The molecule has 3 aromatic carbocycles. The van der Waals surface area contributed by atoms with E-state index in [1.165, 1.54) is 18.4 Å². The Morgan fingerprint density at radius 1 is 1.06 bits per heavy atom. The van der Waals surface area contributed by atoms with Crippen molar-refractivity contribution in [2.24, 2.45) is 5.10 Å². The highest BCUT2D eigenvalue weighted by Gasteiger charge is 2.15. The molecule has 0 fully saturated rings. The molecule has 0 heterocycles. The van der Waals surface area contributed by atoms with Crippen molar-refractivity contribution in [3.63, 3.8) is 0 Å². The highest BCUT2D eigenvalue weighted by atomic mass is 16.6. The summed E-state index contributed by atoms with van der Waals surface area (Å²) in [6.45, 7) is 2.58. The fourth-order valence-corrected chi connectivity index (χ4v) is 2.98. The van der Waals surface area contributed by atoms with Gasteiger partial charge in [-0.25, -0.2) is 5.43 Å². The van der Waals surface area contributed by atoms with Gasteiger partial charge < -0.3 is 15.2 Å². The number of nitrogens with one attached hydrogen (secondary N) is 2. The predicted octanol–water partition coefficient (Wildman–Crippen LogP) is 4.01. The van der Waals surface area contributed by atoms with Crippen LogP contribution in [-0.2, 0) is 4.79 Å². The van der Waals surface area contributed by atoms with E-state index in [9.17, 15) is 24.8 Å². The number of hydrogen-bond donors (Lipinski definition) is 3. The third kappa shape index (κ3) is 7.26. The Morgan fingerprint density at radius 2 is 1.75 bits per heavy atom. The Kier molecular flexibility index (Phi) is 8.88. The number of nitrogens with zero attached hydrogens (tertiary/aromatic N) is 2. The van der Waals surface area contributed by atoms with Crippen LogP contribution in [-0.4, -0.2) is 34.7 Å². The molecule has 0 radical (unpaired) electrons. The average Bonchev–Trinajstić information content (AvgIpc) is 2.89. The van der Waals surface area contributed by atoms with Gasteiger partial charge in [-0.1, -0.05) is 37.3 Å². The second-order valence-corrected chi connectivity index (χ2v) is 7.50. The number of hydrogen-bond acceptors (Lipinski definition) is 7. The lowest BCUT2D eigenvalue weighted by molar-refractivity contribution is -0.385. The van der Waals surface area contributed by atoms with Crippen molar-refractivity contribution >= 4 is 29.8 Å². The van der Waals surface area contributed by atoms with Crippen molar-refractivity contribution in [3.05, 3.63) is 105 Å². The molecule has 3 rings (SSSR count). The first-order valence-electron chi connectivity index (χ1n) is 11.0. The zero-order valence-electron chi connectivity index (χ0n) is 19.4. The number of phenols is 1. The molecule has 0 saturated carbocycles. The maximum Gasteiger partial charge on any atom is 0.311 e. The highest BCUT2D eigenvalue weighted by molar-refractivity contribution is 6.05. The van der Waals surface area contributed by atoms with Crippen molar-refractivity contribution in [1.29, 1.82) is 0 Å². The van der Waals surface area contributed by atoms with Gasteiger partial charge in [0.15, 0.2) is 5.75 Å². The molecule has 184 valence electrons. The van der Waals surface area contributed by atoms with Crippen molar-refractivity contribution in [3.8, 4) is 11.5 Å². The number of nitro benzene ring substituents is 1. The number of ether oxygens (including phenoxy) is 1. The number of carbonyl (C=O) groups excluding carboxylic acids is 2. The van der Waals surface area contributed by atoms with Crippen LogP contribution < -0.4 is 15.5 Å². The zero-order valence-corrected chi connectivity index (χ0v) is 19.4. The summed E-state index contributed by atoms with van der Waals surface area (Å²) in [7, 11) is 0. The van der Waals surface area contributed by atoms with E-state index in [2.05, 4.69) is 15.8 Å². The summed E-state index contributed by atoms with van der Waals surface area (Å²) < 4.78 is 5.56. The van der Waals surface area contributed by atoms with Crippen LogP contribution >= 0.6 is 0 Å². The third-order valence-electron chi connectivity index (χ3n) is 4.77. The Morgan fingerprint density at radius 3 is 2.42 bits per heavy atom. The quantitative estimate of drug-likeness (QED) is 0.170. The SMILES string of the molecule is CCCOc1ccc(C=C(NC(=O)c2ccccc2)C(=O)NN=Cc2ccc(O)c([N+](=O)[O-])c2)cc1. The summed E-state index contributed by atoms with van der Waals surface area (Å²) in [5.41, 5.74) is 3.01. The molecule has 10 nitrogen and oxygen atoms in total. The van der Waals surface area contributed by atoms with E-state index < -0.39 is 28.2 Å². The smallest absolute Gasteiger partial charge is 0.311 e. The van der Waals surface area contributed by atoms with Gasteiger partial charge >= 0.3 is 5.69 Å². The van der Waals surface area contributed by atoms with Crippen LogP contribution in [0.15, 0.2) is 83.6 Å². The molecule has 0 aromatic heterocycles. The van der Waals surface area contributed by atoms with Gasteiger partial charge in [-0.2, -0.15) is 5.10 Å². The number of phenolic OH excluding ortho intramolecular Hbond substituents is 1. The van der Waals surface area contributed by atoms with E-state index in [-0.39, 0.29) is 11.3 Å². The largest absolute Gasteiger partial charge is 0.502 e. The summed E-state index contributed by atoms with van der Waals surface area (Å²) in [4.78, 5) is 35.8. The Hall–Kier alpha value is -4.99. The van der Waals surface area contributed by atoms with E-state index in [1.807, 2.05) is 6.92 Å². The molecule has 0 aliphatic rings. The van der Waals surface area contributed by atoms with E-state index in [1.54, 1.807) is 54.6 Å². The number of amides is 2. The van der Waals surface area contributed by atoms with Gasteiger partial charge in [0.05, 0.1) is 17.7 Å². The van der Waals surface area contributed by atoms with Crippen LogP contribution in [0, 0.1) is 10.1 Å². The van der Waals surface area contributed by atoms with Gasteiger partial charge in [0.25, 0.3) is 11.8 Å². The summed E-state index contributed by atoms with van der Waals surface area (Å²) in [5.74, 6) is -1.00. The molecule has 3 aromatic rings. The molecular formula is C26H24N4O6. The van der Waals surface area contributed by atoms with E-state index in [0.717, 1.165) is 18.6 Å². The molecule has 0 aliphatic carbocycles. The van der Waals surface area contributed by atoms with Crippen LogP contribution in [0.2, 0.25) is 0 Å². The van der Waals surface area contributed by atoms with Gasteiger partial charge in [-0.15, -0.1) is 0 Å². The molecule has 0 unspecified atom stereocenters. The van der Waals surface area contributed by atoms with Gasteiger partial charge in [0.2, 0.25) is 0 Å². The maximum absolute atomic E-state index is 12.9. The number of aromatic hydroxyl groups is 1. The summed E-state index contributed by atoms with van der Waals surface area (Å²) in [6.07, 6.45) is 3.54. The molecule has 36 heavy (non-hydrogen) atoms. The molecule has 0 spiro atoms. The molecule has 0 aliphatic heterocycles. The van der Waals surface area contributed by atoms with E-state index in [4.69, 9.17) is 4.74 Å². The van der Waals surface area contributed by atoms with Crippen LogP contribution in [0.3, 0.4) is 0 Å². The lowest BCUT2D eigenvalue weighted by atomic mass is 10.1. The Labute approximate surface area is 207 Å². The van der Waals surface area contributed by atoms with Crippen LogP contribution in [0.5, 0.6) is 11.5 Å². The molecule has 2 amide bonds. The zero-order chi connectivity index (χ0) is 25.9. The standard InChI is InChI=1S/C26H24N4O6/c1-2-14-36-21-11-8-18(9-12-21)15-22(28-25(32)20-6-4-3-5-7-20)26(33)29-27-17-19-10-13-24(31)23(16-19)30(34)35/h3-13,15-17,31H,2,14H2,1H3,(H,28,32)(H,29,33). The van der Waals surface area contributed by atoms with Crippen LogP contribution in [0.4, 0.5) is 5.69 Å². The van der Waals surface area contributed by atoms with E-state index >= 15 is 0 Å². The summed E-state index contributed by atoms with van der Waals surface area (Å²) >= 11 is 0. The van der Waals surface area contributed by atoms with Crippen molar-refractivity contribution in [2.75, 3.05) is 6.61 Å². The van der Waals surface area contributed by atoms with E-state index in [0.29, 0.717) is 23.5 Å². The number of rotatable bonds is 10. The molecule has 0 saturated heterocycles. The monoisotopic (exact) mass is 488 g/mol. The molecule has 0 bridgehead atoms. The molecule has 10 heteroatoms.